The molecule has 2 amide bonds. The van der Waals surface area contributed by atoms with Crippen LogP contribution in [0, 0.1) is 6.92 Å². The van der Waals surface area contributed by atoms with Gasteiger partial charge in [0.2, 0.25) is 0 Å². The van der Waals surface area contributed by atoms with Crippen molar-refractivity contribution in [2.45, 2.75) is 25.4 Å². The minimum atomic E-state index is -1.65. The Hall–Kier alpha value is -2.73. The summed E-state index contributed by atoms with van der Waals surface area (Å²) in [4.78, 5) is 30.3. The highest BCUT2D eigenvalue weighted by atomic mass is 16.3. The average molecular weight is 339 g/mol. The van der Waals surface area contributed by atoms with Crippen LogP contribution >= 0.6 is 0 Å². The van der Waals surface area contributed by atoms with E-state index in [1.165, 1.54) is 4.90 Å². The number of hydrogen-bond acceptors (Lipinski definition) is 4. The van der Waals surface area contributed by atoms with Gasteiger partial charge in [-0.15, -0.1) is 0 Å². The highest BCUT2D eigenvalue weighted by molar-refractivity contribution is 5.98. The van der Waals surface area contributed by atoms with Crippen molar-refractivity contribution in [3.05, 3.63) is 53.7 Å². The van der Waals surface area contributed by atoms with Crippen molar-refractivity contribution in [3.8, 4) is 11.3 Å². The van der Waals surface area contributed by atoms with Crippen molar-refractivity contribution >= 4 is 11.8 Å². The van der Waals surface area contributed by atoms with Crippen LogP contribution < -0.4 is 5.73 Å². The number of β-amino-alcohol motifs (C(OH)–C–C–N with tert-alkyl or cyclic N) is 1. The Bertz CT molecular complexity index is 807. The second-order valence-electron chi connectivity index (χ2n) is 6.42. The van der Waals surface area contributed by atoms with Gasteiger partial charge in [-0.2, -0.15) is 0 Å². The summed E-state index contributed by atoms with van der Waals surface area (Å²) in [5, 5.41) is 10.3. The Morgan fingerprint density at radius 1 is 1.24 bits per heavy atom. The molecule has 1 aliphatic heterocycles. The highest BCUT2D eigenvalue weighted by Gasteiger charge is 2.40. The van der Waals surface area contributed by atoms with Crippen molar-refractivity contribution in [1.29, 1.82) is 0 Å². The molecule has 1 fully saturated rings. The third-order valence-corrected chi connectivity index (χ3v) is 4.72. The van der Waals surface area contributed by atoms with E-state index in [0.29, 0.717) is 18.5 Å². The smallest absolute Gasteiger partial charge is 0.254 e. The lowest BCUT2D eigenvalue weighted by atomic mass is 9.91. The van der Waals surface area contributed by atoms with Crippen LogP contribution in [0.1, 0.15) is 28.8 Å². The first kappa shape index (κ1) is 17.1. The summed E-state index contributed by atoms with van der Waals surface area (Å²) in [6.45, 7) is 2.29. The maximum atomic E-state index is 13.0. The number of aliphatic hydroxyl groups is 1. The van der Waals surface area contributed by atoms with E-state index in [9.17, 15) is 14.7 Å². The quantitative estimate of drug-likeness (QED) is 0.886. The predicted molar refractivity (Wildman–Crippen MR) is 93.7 cm³/mol. The molecule has 0 saturated carbocycles. The van der Waals surface area contributed by atoms with E-state index in [1.807, 2.05) is 37.3 Å². The molecule has 0 radical (unpaired) electrons. The zero-order valence-corrected chi connectivity index (χ0v) is 14.1. The van der Waals surface area contributed by atoms with Crippen LogP contribution in [0.4, 0.5) is 0 Å². The molecule has 1 aromatic carbocycles. The van der Waals surface area contributed by atoms with Gasteiger partial charge in [-0.25, -0.2) is 0 Å². The van der Waals surface area contributed by atoms with Gasteiger partial charge in [0, 0.05) is 23.9 Å². The van der Waals surface area contributed by atoms with Gasteiger partial charge in [-0.05, 0) is 43.5 Å². The summed E-state index contributed by atoms with van der Waals surface area (Å²) >= 11 is 0. The third kappa shape index (κ3) is 3.25. The SMILES string of the molecule is Cc1c(C(=O)N2CCC[C@@](O)(C(N)=O)C2)cccc1-c1ccccn1. The van der Waals surface area contributed by atoms with Crippen LogP contribution in [0.3, 0.4) is 0 Å². The maximum Gasteiger partial charge on any atom is 0.254 e. The summed E-state index contributed by atoms with van der Waals surface area (Å²) < 4.78 is 0. The molecule has 2 aromatic rings. The Kier molecular flexibility index (Phi) is 4.55. The number of rotatable bonds is 3. The fourth-order valence-corrected chi connectivity index (χ4v) is 3.25. The minimum absolute atomic E-state index is 0.0750. The van der Waals surface area contributed by atoms with E-state index < -0.39 is 11.5 Å². The lowest BCUT2D eigenvalue weighted by Gasteiger charge is -2.37. The summed E-state index contributed by atoms with van der Waals surface area (Å²) in [6.07, 6.45) is 2.52. The van der Waals surface area contributed by atoms with Crippen LogP contribution in [-0.2, 0) is 4.79 Å². The molecule has 0 spiro atoms. The molecule has 1 aliphatic rings. The summed E-state index contributed by atoms with van der Waals surface area (Å²) in [7, 11) is 0. The molecule has 0 unspecified atom stereocenters. The molecule has 1 saturated heterocycles. The third-order valence-electron chi connectivity index (χ3n) is 4.72. The molecule has 25 heavy (non-hydrogen) atoms. The van der Waals surface area contributed by atoms with Crippen molar-refractivity contribution in [2.24, 2.45) is 5.73 Å². The molecule has 3 N–H and O–H groups in total. The van der Waals surface area contributed by atoms with E-state index in [1.54, 1.807) is 12.3 Å². The Balaban J connectivity index is 1.92. The molecular weight excluding hydrogens is 318 g/mol. The number of benzene rings is 1. The zero-order chi connectivity index (χ0) is 18.0. The Morgan fingerprint density at radius 3 is 2.72 bits per heavy atom. The molecule has 130 valence electrons. The number of carbonyl (C=O) groups is 2. The molecule has 0 aliphatic carbocycles. The molecule has 6 heteroatoms. The summed E-state index contributed by atoms with van der Waals surface area (Å²) in [5.74, 6) is -1.00. The largest absolute Gasteiger partial charge is 0.378 e. The standard InChI is InChI=1S/C19H21N3O3/c1-13-14(16-8-2-3-10-21-16)6-4-7-15(13)17(23)22-11-5-9-19(25,12-22)18(20)24/h2-4,6-8,10,25H,5,9,11-12H2,1H3,(H2,20,24)/t19-/m0/s1. The first-order valence-electron chi connectivity index (χ1n) is 8.25. The number of carbonyl (C=O) groups excluding carboxylic acids is 2. The fraction of sp³-hybridized carbons (Fsp3) is 0.316. The number of piperidine rings is 1. The number of primary amides is 1. The summed E-state index contributed by atoms with van der Waals surface area (Å²) in [5.41, 5.74) is 6.68. The van der Waals surface area contributed by atoms with Crippen LogP contribution in [-0.4, -0.2) is 45.5 Å². The summed E-state index contributed by atoms with van der Waals surface area (Å²) in [6, 6.07) is 11.1. The van der Waals surface area contributed by atoms with Crippen LogP contribution in [0.2, 0.25) is 0 Å². The second kappa shape index (κ2) is 6.64. The predicted octanol–water partition coefficient (Wildman–Crippen LogP) is 1.51. The molecular formula is C19H21N3O3. The van der Waals surface area contributed by atoms with Gasteiger partial charge >= 0.3 is 0 Å². The van der Waals surface area contributed by atoms with Crippen molar-refractivity contribution in [3.63, 3.8) is 0 Å². The highest BCUT2D eigenvalue weighted by Crippen LogP contribution is 2.27. The zero-order valence-electron chi connectivity index (χ0n) is 14.1. The van der Waals surface area contributed by atoms with Crippen LogP contribution in [0.15, 0.2) is 42.6 Å². The Morgan fingerprint density at radius 2 is 2.04 bits per heavy atom. The number of amides is 2. The molecule has 6 nitrogen and oxygen atoms in total. The lowest BCUT2D eigenvalue weighted by molar-refractivity contribution is -0.140. The molecule has 3 rings (SSSR count). The van der Waals surface area contributed by atoms with Gasteiger partial charge in [0.1, 0.15) is 0 Å². The monoisotopic (exact) mass is 339 g/mol. The normalized spacial score (nSPS) is 20.3. The van der Waals surface area contributed by atoms with E-state index in [2.05, 4.69) is 4.98 Å². The van der Waals surface area contributed by atoms with E-state index >= 15 is 0 Å². The molecule has 1 atom stereocenters. The number of hydrogen-bond donors (Lipinski definition) is 2. The second-order valence-corrected chi connectivity index (χ2v) is 6.42. The van der Waals surface area contributed by atoms with Crippen molar-refractivity contribution in [2.75, 3.05) is 13.1 Å². The van der Waals surface area contributed by atoms with Gasteiger partial charge in [0.05, 0.1) is 12.2 Å². The minimum Gasteiger partial charge on any atom is -0.378 e. The average Bonchev–Trinajstić information content (AvgIpc) is 2.62. The van der Waals surface area contributed by atoms with E-state index in [4.69, 9.17) is 5.73 Å². The Labute approximate surface area is 146 Å². The van der Waals surface area contributed by atoms with E-state index in [-0.39, 0.29) is 18.9 Å². The van der Waals surface area contributed by atoms with Gasteiger partial charge in [0.25, 0.3) is 11.8 Å². The number of pyridine rings is 1. The van der Waals surface area contributed by atoms with Gasteiger partial charge in [0.15, 0.2) is 5.60 Å². The van der Waals surface area contributed by atoms with Gasteiger partial charge in [-0.1, -0.05) is 18.2 Å². The molecule has 0 bridgehead atoms. The molecule has 2 heterocycles. The van der Waals surface area contributed by atoms with Gasteiger partial charge in [-0.3, -0.25) is 14.6 Å². The molecule has 1 aromatic heterocycles. The van der Waals surface area contributed by atoms with E-state index in [0.717, 1.165) is 16.8 Å². The first-order valence-corrected chi connectivity index (χ1v) is 8.25. The first-order chi connectivity index (χ1) is 11.9. The van der Waals surface area contributed by atoms with Crippen LogP contribution in [0.25, 0.3) is 11.3 Å². The maximum absolute atomic E-state index is 13.0. The lowest BCUT2D eigenvalue weighted by Crippen LogP contribution is -2.57. The topological polar surface area (TPSA) is 96.5 Å². The number of likely N-dealkylation sites (tertiary alicyclic amines) is 1. The van der Waals surface area contributed by atoms with Crippen LogP contribution in [0.5, 0.6) is 0 Å². The van der Waals surface area contributed by atoms with Crippen molar-refractivity contribution < 1.29 is 14.7 Å². The van der Waals surface area contributed by atoms with Gasteiger partial charge < -0.3 is 15.7 Å². The fourth-order valence-electron chi connectivity index (χ4n) is 3.25. The number of nitrogens with zero attached hydrogens (tertiary/aromatic N) is 2. The van der Waals surface area contributed by atoms with Crippen molar-refractivity contribution in [1.82, 2.24) is 9.88 Å². The number of aromatic nitrogens is 1. The number of nitrogens with two attached hydrogens (primary N) is 1.